The highest BCUT2D eigenvalue weighted by Crippen LogP contribution is 1.69. The number of rotatable bonds is 4. The predicted molar refractivity (Wildman–Crippen MR) is 32.0 cm³/mol. The zero-order chi connectivity index (χ0) is 7.98. The molecule has 5 heteroatoms. The second-order valence-electron chi connectivity index (χ2n) is 1.52. The maximum absolute atomic E-state index is 10.4. The molecule has 0 fully saturated rings. The lowest BCUT2D eigenvalue weighted by molar-refractivity contribution is -0.138. The fraction of sp³-hybridized carbons (Fsp3) is 0.400. The van der Waals surface area contributed by atoms with Gasteiger partial charge in [-0.05, 0) is 0 Å². The van der Waals surface area contributed by atoms with Crippen LogP contribution in [0.15, 0.2) is 0 Å². The summed E-state index contributed by atoms with van der Waals surface area (Å²) in [5, 5.41) is 10.1. The molecule has 0 heterocycles. The molecule has 10 heavy (non-hydrogen) atoms. The van der Waals surface area contributed by atoms with Crippen molar-refractivity contribution in [1.82, 2.24) is 5.32 Å². The van der Waals surface area contributed by atoms with Gasteiger partial charge in [-0.2, -0.15) is 0 Å². The Morgan fingerprint density at radius 3 is 2.60 bits per heavy atom. The van der Waals surface area contributed by atoms with Gasteiger partial charge in [0, 0.05) is 0 Å². The van der Waals surface area contributed by atoms with E-state index in [1.165, 1.54) is 0 Å². The summed E-state index contributed by atoms with van der Waals surface area (Å²) in [5.41, 5.74) is 0. The lowest BCUT2D eigenvalue weighted by atomic mass is 10.6. The Morgan fingerprint density at radius 2 is 2.20 bits per heavy atom. The molecule has 0 saturated carbocycles. The van der Waals surface area contributed by atoms with Gasteiger partial charge in [-0.3, -0.25) is 9.59 Å². The largest absolute Gasteiger partial charge is 0.480 e. The van der Waals surface area contributed by atoms with Crippen molar-refractivity contribution in [3.8, 4) is 0 Å². The first-order chi connectivity index (χ1) is 4.66. The van der Waals surface area contributed by atoms with E-state index in [4.69, 9.17) is 5.11 Å². The van der Waals surface area contributed by atoms with Gasteiger partial charge in [0.05, 0.1) is 7.11 Å². The van der Waals surface area contributed by atoms with Crippen LogP contribution in [0.5, 0.6) is 0 Å². The number of carboxylic acid groups (broad SMARTS) is 1. The molecule has 0 aromatic rings. The minimum Gasteiger partial charge on any atom is -0.480 e. The average molecular weight is 146 g/mol. The summed E-state index contributed by atoms with van der Waals surface area (Å²) < 4.78 is 4.18. The van der Waals surface area contributed by atoms with Crippen LogP contribution in [-0.4, -0.2) is 30.1 Å². The number of carbonyl (C=O) groups is 2. The number of aliphatic carboxylic acids is 1. The Kier molecular flexibility index (Phi) is 4.23. The number of nitrogens with one attached hydrogen (secondary N) is 1. The highest BCUT2D eigenvalue weighted by molar-refractivity contribution is 5.81. The third kappa shape index (κ3) is 5.04. The third-order valence-electron chi connectivity index (χ3n) is 0.670. The molecule has 0 spiro atoms. The van der Waals surface area contributed by atoms with Crippen molar-refractivity contribution in [3.63, 3.8) is 0 Å². The topological polar surface area (TPSA) is 75.6 Å². The van der Waals surface area contributed by atoms with Crippen molar-refractivity contribution in [3.05, 3.63) is 7.11 Å². The molecule has 5 nitrogen and oxygen atoms in total. The Bertz CT molecular complexity index is 134. The minimum atomic E-state index is -1.09. The second-order valence-corrected chi connectivity index (χ2v) is 1.52. The Balaban J connectivity index is 3.30. The van der Waals surface area contributed by atoms with Crippen molar-refractivity contribution in [1.29, 1.82) is 0 Å². The van der Waals surface area contributed by atoms with Crippen LogP contribution in [0, 0.1) is 7.11 Å². The van der Waals surface area contributed by atoms with Gasteiger partial charge >= 0.3 is 5.97 Å². The molecule has 0 bridgehead atoms. The maximum Gasteiger partial charge on any atom is 0.322 e. The Hall–Kier alpha value is -1.10. The van der Waals surface area contributed by atoms with Crippen molar-refractivity contribution in [2.75, 3.05) is 13.2 Å². The van der Waals surface area contributed by atoms with Crippen molar-refractivity contribution in [2.24, 2.45) is 0 Å². The molecule has 0 aliphatic rings. The SMILES string of the molecule is [CH2]OCC(=O)NCC(=O)O. The number of hydrogen-bond acceptors (Lipinski definition) is 3. The van der Waals surface area contributed by atoms with E-state index in [9.17, 15) is 9.59 Å². The standard InChI is InChI=1S/C5H8NO4/c1-10-3-4(7)6-2-5(8)9/h1-3H2,(H,6,7)(H,8,9). The zero-order valence-electron chi connectivity index (χ0n) is 5.29. The first kappa shape index (κ1) is 8.90. The smallest absolute Gasteiger partial charge is 0.322 e. The van der Waals surface area contributed by atoms with E-state index >= 15 is 0 Å². The first-order valence-corrected chi connectivity index (χ1v) is 2.52. The van der Waals surface area contributed by atoms with Crippen molar-refractivity contribution >= 4 is 11.9 Å². The summed E-state index contributed by atoms with van der Waals surface area (Å²) in [5.74, 6) is -1.57. The van der Waals surface area contributed by atoms with Gasteiger partial charge in [0.2, 0.25) is 5.91 Å². The maximum atomic E-state index is 10.4. The quantitative estimate of drug-likeness (QED) is 0.533. The van der Waals surface area contributed by atoms with Crippen molar-refractivity contribution < 1.29 is 19.4 Å². The monoisotopic (exact) mass is 146 g/mol. The van der Waals surface area contributed by atoms with Gasteiger partial charge in [0.25, 0.3) is 0 Å². The molecule has 0 saturated heterocycles. The van der Waals surface area contributed by atoms with Crippen LogP contribution in [0.3, 0.4) is 0 Å². The molecular weight excluding hydrogens is 138 g/mol. The second kappa shape index (κ2) is 4.75. The van der Waals surface area contributed by atoms with Crippen LogP contribution in [0.25, 0.3) is 0 Å². The highest BCUT2D eigenvalue weighted by atomic mass is 16.5. The highest BCUT2D eigenvalue weighted by Gasteiger charge is 2.01. The van der Waals surface area contributed by atoms with E-state index < -0.39 is 11.9 Å². The van der Waals surface area contributed by atoms with Gasteiger partial charge in [-0.25, -0.2) is 0 Å². The predicted octanol–water partition coefficient (Wildman–Crippen LogP) is -1.00. The van der Waals surface area contributed by atoms with Crippen molar-refractivity contribution in [2.45, 2.75) is 0 Å². The van der Waals surface area contributed by atoms with Gasteiger partial charge in [0.1, 0.15) is 13.2 Å². The lowest BCUT2D eigenvalue weighted by Gasteiger charge is -1.98. The first-order valence-electron chi connectivity index (χ1n) is 2.52. The van der Waals surface area contributed by atoms with Gasteiger partial charge in [0.15, 0.2) is 0 Å². The van der Waals surface area contributed by atoms with Gasteiger partial charge < -0.3 is 15.2 Å². The Morgan fingerprint density at radius 1 is 1.60 bits per heavy atom. The fourth-order valence-electron chi connectivity index (χ4n) is 0.318. The summed E-state index contributed by atoms with van der Waals surface area (Å²) in [4.78, 5) is 20.2. The van der Waals surface area contributed by atoms with E-state index in [2.05, 4.69) is 17.2 Å². The number of ether oxygens (including phenoxy) is 1. The van der Waals surface area contributed by atoms with Crippen LogP contribution in [0.2, 0.25) is 0 Å². The summed E-state index contributed by atoms with van der Waals surface area (Å²) in [6.07, 6.45) is 0. The zero-order valence-corrected chi connectivity index (χ0v) is 5.29. The summed E-state index contributed by atoms with van der Waals surface area (Å²) in [6.45, 7) is -0.602. The van der Waals surface area contributed by atoms with Gasteiger partial charge in [-0.1, -0.05) is 0 Å². The molecule has 0 atom stereocenters. The van der Waals surface area contributed by atoms with E-state index in [1.54, 1.807) is 0 Å². The minimum absolute atomic E-state index is 0.215. The molecule has 0 aromatic heterocycles. The third-order valence-corrected chi connectivity index (χ3v) is 0.670. The van der Waals surface area contributed by atoms with E-state index in [1.807, 2.05) is 0 Å². The molecule has 2 N–H and O–H groups in total. The van der Waals surface area contributed by atoms with E-state index in [-0.39, 0.29) is 13.2 Å². The summed E-state index contributed by atoms with van der Waals surface area (Å²) >= 11 is 0. The number of hydrogen-bond donors (Lipinski definition) is 2. The number of carbonyl (C=O) groups excluding carboxylic acids is 1. The number of amides is 1. The van der Waals surface area contributed by atoms with Crippen LogP contribution < -0.4 is 5.32 Å². The molecule has 1 radical (unpaired) electrons. The lowest BCUT2D eigenvalue weighted by Crippen LogP contribution is -2.31. The van der Waals surface area contributed by atoms with Crippen LogP contribution in [0.1, 0.15) is 0 Å². The molecule has 0 aromatic carbocycles. The summed E-state index contributed by atoms with van der Waals surface area (Å²) in [7, 11) is 2.94. The molecule has 1 amide bonds. The molecular formula is C5H8NO4. The fourth-order valence-corrected chi connectivity index (χ4v) is 0.318. The Labute approximate surface area is 58.0 Å². The normalized spacial score (nSPS) is 8.90. The molecule has 0 unspecified atom stereocenters. The van der Waals surface area contributed by atoms with Crippen LogP contribution >= 0.6 is 0 Å². The van der Waals surface area contributed by atoms with E-state index in [0.717, 1.165) is 0 Å². The van der Waals surface area contributed by atoms with Crippen LogP contribution in [-0.2, 0) is 14.3 Å². The van der Waals surface area contributed by atoms with E-state index in [0.29, 0.717) is 0 Å². The molecule has 0 rings (SSSR count). The molecule has 0 aliphatic carbocycles. The molecule has 0 aliphatic heterocycles. The summed E-state index contributed by atoms with van der Waals surface area (Å²) in [6, 6.07) is 0. The van der Waals surface area contributed by atoms with Gasteiger partial charge in [-0.15, -0.1) is 0 Å². The number of carboxylic acids is 1. The molecule has 57 valence electrons. The van der Waals surface area contributed by atoms with Crippen LogP contribution in [0.4, 0.5) is 0 Å². The average Bonchev–Trinajstić information content (AvgIpc) is 1.85.